The van der Waals surface area contributed by atoms with Crippen molar-refractivity contribution in [2.24, 2.45) is 7.05 Å². The largest absolute Gasteiger partial charge is 0.348 e. The highest BCUT2D eigenvalue weighted by molar-refractivity contribution is 5.79. The Hall–Kier alpha value is -2.70. The number of hydrogen-bond acceptors (Lipinski definition) is 4. The van der Waals surface area contributed by atoms with Crippen LogP contribution in [0.4, 0.5) is 0 Å². The molecule has 114 valence electrons. The number of carbonyl (C=O) groups is 1. The highest BCUT2D eigenvalue weighted by Gasteiger charge is 2.13. The molecule has 22 heavy (non-hydrogen) atoms. The molecule has 1 atom stereocenters. The van der Waals surface area contributed by atoms with Crippen molar-refractivity contribution >= 4 is 16.9 Å². The number of carbonyl (C=O) groups excluding carboxylic acids is 1. The van der Waals surface area contributed by atoms with Gasteiger partial charge < -0.3 is 5.32 Å². The molecule has 3 aromatic heterocycles. The fourth-order valence-corrected chi connectivity index (χ4v) is 2.48. The van der Waals surface area contributed by atoms with E-state index in [0.29, 0.717) is 0 Å². The average Bonchev–Trinajstić information content (AvgIpc) is 3.01. The number of hydrogen-bond donors (Lipinski definition) is 1. The first kappa shape index (κ1) is 14.2. The molecule has 3 heterocycles. The van der Waals surface area contributed by atoms with Gasteiger partial charge in [-0.1, -0.05) is 0 Å². The van der Waals surface area contributed by atoms with E-state index in [1.807, 2.05) is 39.2 Å². The quantitative estimate of drug-likeness (QED) is 0.788. The predicted octanol–water partition coefficient (Wildman–Crippen LogP) is 1.35. The van der Waals surface area contributed by atoms with Gasteiger partial charge in [0.2, 0.25) is 5.91 Å². The number of nitrogens with zero attached hydrogens (tertiary/aromatic N) is 5. The Morgan fingerprint density at radius 2 is 2.05 bits per heavy atom. The van der Waals surface area contributed by atoms with Gasteiger partial charge in [0, 0.05) is 19.4 Å². The van der Waals surface area contributed by atoms with Gasteiger partial charge in [0.1, 0.15) is 17.6 Å². The van der Waals surface area contributed by atoms with Crippen molar-refractivity contribution in [3.8, 4) is 0 Å². The third kappa shape index (κ3) is 2.69. The maximum absolute atomic E-state index is 12.2. The summed E-state index contributed by atoms with van der Waals surface area (Å²) in [5, 5.41) is 11.7. The average molecular weight is 298 g/mol. The summed E-state index contributed by atoms with van der Waals surface area (Å²) < 4.78 is 3.42. The number of rotatable bonds is 4. The molecule has 0 aliphatic carbocycles. The van der Waals surface area contributed by atoms with Gasteiger partial charge in [-0.25, -0.2) is 0 Å². The van der Waals surface area contributed by atoms with Crippen LogP contribution in [0.3, 0.4) is 0 Å². The molecule has 3 aromatic rings. The first-order valence-electron chi connectivity index (χ1n) is 7.10. The maximum atomic E-state index is 12.2. The Morgan fingerprint density at radius 1 is 1.32 bits per heavy atom. The molecule has 1 N–H and O–H groups in total. The van der Waals surface area contributed by atoms with Gasteiger partial charge in [0.05, 0.1) is 17.9 Å². The van der Waals surface area contributed by atoms with E-state index in [9.17, 15) is 4.79 Å². The minimum absolute atomic E-state index is 0.0659. The van der Waals surface area contributed by atoms with Crippen molar-refractivity contribution in [3.05, 3.63) is 42.0 Å². The van der Waals surface area contributed by atoms with E-state index >= 15 is 0 Å². The highest BCUT2D eigenvalue weighted by atomic mass is 16.2. The van der Waals surface area contributed by atoms with Crippen molar-refractivity contribution in [1.29, 1.82) is 0 Å². The third-order valence-electron chi connectivity index (χ3n) is 3.62. The maximum Gasteiger partial charge on any atom is 0.242 e. The van der Waals surface area contributed by atoms with Crippen LogP contribution < -0.4 is 5.32 Å². The first-order valence-corrected chi connectivity index (χ1v) is 7.10. The van der Waals surface area contributed by atoms with Gasteiger partial charge in [0.25, 0.3) is 0 Å². The van der Waals surface area contributed by atoms with Gasteiger partial charge >= 0.3 is 0 Å². The van der Waals surface area contributed by atoms with Crippen molar-refractivity contribution in [3.63, 3.8) is 0 Å². The number of pyridine rings is 1. The van der Waals surface area contributed by atoms with E-state index in [-0.39, 0.29) is 18.5 Å². The zero-order valence-corrected chi connectivity index (χ0v) is 12.8. The fraction of sp³-hybridized carbons (Fsp3) is 0.333. The summed E-state index contributed by atoms with van der Waals surface area (Å²) in [6.45, 7) is 4.04. The second-order valence-corrected chi connectivity index (χ2v) is 5.34. The SMILES string of the molecule is Cc1nn(C)c2cn(CC(=O)N[C@H](C)c3ccncc3)nc12. The minimum Gasteiger partial charge on any atom is -0.348 e. The number of aromatic nitrogens is 5. The van der Waals surface area contributed by atoms with Crippen LogP contribution in [0.1, 0.15) is 24.2 Å². The molecule has 0 unspecified atom stereocenters. The molecule has 0 aliphatic rings. The van der Waals surface area contributed by atoms with Crippen LogP contribution in [-0.4, -0.2) is 30.5 Å². The summed E-state index contributed by atoms with van der Waals surface area (Å²) in [6, 6.07) is 3.72. The monoisotopic (exact) mass is 298 g/mol. The van der Waals surface area contributed by atoms with E-state index in [4.69, 9.17) is 0 Å². The lowest BCUT2D eigenvalue weighted by Gasteiger charge is -2.13. The van der Waals surface area contributed by atoms with Crippen LogP contribution in [0.2, 0.25) is 0 Å². The third-order valence-corrected chi connectivity index (χ3v) is 3.62. The Balaban J connectivity index is 1.69. The minimum atomic E-state index is -0.0808. The van der Waals surface area contributed by atoms with E-state index in [0.717, 1.165) is 22.3 Å². The van der Waals surface area contributed by atoms with Crippen molar-refractivity contribution in [2.45, 2.75) is 26.4 Å². The van der Waals surface area contributed by atoms with E-state index < -0.39 is 0 Å². The molecule has 0 saturated carbocycles. The van der Waals surface area contributed by atoms with Crippen LogP contribution in [0.15, 0.2) is 30.7 Å². The number of aryl methyl sites for hydroxylation is 2. The fourth-order valence-electron chi connectivity index (χ4n) is 2.48. The number of amides is 1. The zero-order chi connectivity index (χ0) is 15.7. The van der Waals surface area contributed by atoms with E-state index in [1.165, 1.54) is 0 Å². The van der Waals surface area contributed by atoms with Crippen LogP contribution in [0, 0.1) is 6.92 Å². The number of fused-ring (bicyclic) bond motifs is 1. The van der Waals surface area contributed by atoms with E-state index in [1.54, 1.807) is 21.8 Å². The highest BCUT2D eigenvalue weighted by Crippen LogP contribution is 2.15. The van der Waals surface area contributed by atoms with Crippen LogP contribution in [0.25, 0.3) is 11.0 Å². The smallest absolute Gasteiger partial charge is 0.242 e. The molecule has 0 fully saturated rings. The number of nitrogens with one attached hydrogen (secondary N) is 1. The van der Waals surface area contributed by atoms with Gasteiger partial charge in [-0.3, -0.25) is 19.1 Å². The topological polar surface area (TPSA) is 77.6 Å². The molecule has 0 aliphatic heterocycles. The molecule has 0 saturated heterocycles. The molecule has 1 amide bonds. The summed E-state index contributed by atoms with van der Waals surface area (Å²) in [5.74, 6) is -0.0808. The second-order valence-electron chi connectivity index (χ2n) is 5.34. The molecule has 0 aromatic carbocycles. The molecule has 0 radical (unpaired) electrons. The summed E-state index contributed by atoms with van der Waals surface area (Å²) in [4.78, 5) is 16.1. The lowest BCUT2D eigenvalue weighted by Crippen LogP contribution is -2.30. The van der Waals surface area contributed by atoms with E-state index in [2.05, 4.69) is 20.5 Å². The van der Waals surface area contributed by atoms with Crippen LogP contribution in [0.5, 0.6) is 0 Å². The van der Waals surface area contributed by atoms with Crippen LogP contribution in [-0.2, 0) is 18.4 Å². The Kier molecular flexibility index (Phi) is 3.62. The van der Waals surface area contributed by atoms with Crippen molar-refractivity contribution in [2.75, 3.05) is 0 Å². The van der Waals surface area contributed by atoms with Crippen molar-refractivity contribution < 1.29 is 4.79 Å². The summed E-state index contributed by atoms with van der Waals surface area (Å²) in [7, 11) is 1.87. The standard InChI is InChI=1S/C15H18N6O/c1-10(12-4-6-16-7-5-12)17-14(22)9-21-8-13-15(19-21)11(2)18-20(13)3/h4-8,10H,9H2,1-3H3,(H,17,22)/t10-/m1/s1. The van der Waals surface area contributed by atoms with Gasteiger partial charge in [-0.15, -0.1) is 0 Å². The van der Waals surface area contributed by atoms with Crippen LogP contribution >= 0.6 is 0 Å². The second kappa shape index (κ2) is 5.59. The van der Waals surface area contributed by atoms with Crippen molar-refractivity contribution in [1.82, 2.24) is 29.9 Å². The first-order chi connectivity index (χ1) is 10.5. The lowest BCUT2D eigenvalue weighted by atomic mass is 10.1. The Bertz CT molecular complexity index is 770. The molecule has 7 heteroatoms. The van der Waals surface area contributed by atoms with Gasteiger partial charge in [-0.2, -0.15) is 10.2 Å². The molecule has 7 nitrogen and oxygen atoms in total. The van der Waals surface area contributed by atoms with Gasteiger partial charge in [0.15, 0.2) is 0 Å². The summed E-state index contributed by atoms with van der Waals surface area (Å²) >= 11 is 0. The Morgan fingerprint density at radius 3 is 2.73 bits per heavy atom. The molecule has 3 rings (SSSR count). The normalized spacial score (nSPS) is 12.5. The zero-order valence-electron chi connectivity index (χ0n) is 12.8. The molecular weight excluding hydrogens is 280 g/mol. The molecule has 0 bridgehead atoms. The van der Waals surface area contributed by atoms with Gasteiger partial charge in [-0.05, 0) is 31.5 Å². The predicted molar refractivity (Wildman–Crippen MR) is 82.0 cm³/mol. The molecular formula is C15H18N6O. The Labute approximate surface area is 128 Å². The summed E-state index contributed by atoms with van der Waals surface area (Å²) in [6.07, 6.45) is 5.27. The molecule has 0 spiro atoms. The lowest BCUT2D eigenvalue weighted by molar-refractivity contribution is -0.122. The summed E-state index contributed by atoms with van der Waals surface area (Å²) in [5.41, 5.74) is 3.64.